The van der Waals surface area contributed by atoms with Gasteiger partial charge in [0.25, 0.3) is 0 Å². The highest BCUT2D eigenvalue weighted by molar-refractivity contribution is 7.13. The number of carbonyl (C=O) groups excluding carboxylic acids is 5. The molecule has 4 heterocycles. The Hall–Kier alpha value is -5.57. The van der Waals surface area contributed by atoms with Crippen molar-refractivity contribution in [2.24, 2.45) is 5.41 Å². The third-order valence-electron chi connectivity index (χ3n) is 13.1. The molecular weight excluding hydrogens is 936 g/mol. The lowest BCUT2D eigenvalue weighted by atomic mass is 9.85. The van der Waals surface area contributed by atoms with E-state index < -0.39 is 53.3 Å². The number of carbonyl (C=O) groups is 5. The van der Waals surface area contributed by atoms with Crippen molar-refractivity contribution in [3.63, 3.8) is 0 Å². The van der Waals surface area contributed by atoms with Crippen LogP contribution in [0.2, 0.25) is 5.02 Å². The van der Waals surface area contributed by atoms with Gasteiger partial charge < -0.3 is 50.9 Å². The molecule has 0 radical (unpaired) electrons. The molecule has 1 aliphatic carbocycles. The average Bonchev–Trinajstić information content (AvgIpc) is 4.04. The third-order valence-corrected chi connectivity index (χ3v) is 14.4. The molecule has 2 aromatic carbocycles. The number of hydrogen-bond donors (Lipinski definition) is 6. The number of nitrogens with zero attached hydrogens (tertiary/aromatic N) is 6. The zero-order valence-corrected chi connectivity index (χ0v) is 42.0. The Morgan fingerprint density at radius 1 is 0.900 bits per heavy atom. The van der Waals surface area contributed by atoms with E-state index in [-0.39, 0.29) is 63.4 Å². The monoisotopic (exact) mass is 1000 g/mol. The van der Waals surface area contributed by atoms with Gasteiger partial charge in [0.05, 0.1) is 46.5 Å². The molecule has 6 atom stereocenters. The first kappa shape index (κ1) is 52.3. The molecule has 0 saturated carbocycles. The molecular formula is C50H65ClN10O8S. The summed E-state index contributed by atoms with van der Waals surface area (Å²) < 4.78 is 5.56. The van der Waals surface area contributed by atoms with Crippen LogP contribution in [0.5, 0.6) is 0 Å². The van der Waals surface area contributed by atoms with Crippen molar-refractivity contribution in [3.8, 4) is 10.4 Å². The minimum absolute atomic E-state index is 0.0338. The van der Waals surface area contributed by atoms with Crippen LogP contribution in [0.4, 0.5) is 5.82 Å². The molecule has 0 spiro atoms. The molecule has 70 heavy (non-hydrogen) atoms. The zero-order chi connectivity index (χ0) is 50.1. The van der Waals surface area contributed by atoms with E-state index in [4.69, 9.17) is 16.3 Å². The van der Waals surface area contributed by atoms with E-state index in [0.29, 0.717) is 56.4 Å². The predicted molar refractivity (Wildman–Crippen MR) is 266 cm³/mol. The summed E-state index contributed by atoms with van der Waals surface area (Å²) in [6, 6.07) is 13.1. The van der Waals surface area contributed by atoms with E-state index in [9.17, 15) is 34.2 Å². The Balaban J connectivity index is 0.819. The smallest absolute Gasteiger partial charge is 0.246 e. The number of aryl methyl sites for hydroxylation is 1. The van der Waals surface area contributed by atoms with Gasteiger partial charge in [0, 0.05) is 82.3 Å². The number of hydrogen-bond acceptors (Lipinski definition) is 14. The van der Waals surface area contributed by atoms with E-state index in [1.165, 1.54) is 11.2 Å². The maximum Gasteiger partial charge on any atom is 0.246 e. The van der Waals surface area contributed by atoms with Crippen LogP contribution < -0.4 is 26.2 Å². The van der Waals surface area contributed by atoms with Gasteiger partial charge in [-0.2, -0.15) is 0 Å². The highest BCUT2D eigenvalue weighted by Crippen LogP contribution is 2.43. The lowest BCUT2D eigenvalue weighted by Crippen LogP contribution is -2.58. The van der Waals surface area contributed by atoms with Crippen LogP contribution in [0.15, 0.2) is 60.4 Å². The maximum absolute atomic E-state index is 14.1. The van der Waals surface area contributed by atoms with Crippen LogP contribution in [0.25, 0.3) is 10.4 Å². The lowest BCUT2D eigenvalue weighted by molar-refractivity contribution is -0.144. The number of piperazine rings is 1. The number of thiazole rings is 1. The number of benzene rings is 2. The number of β-amino-alcohol motifs (C(OH)–C–C–N with tert-alkyl or cyclic N) is 1. The Kier molecular flexibility index (Phi) is 17.6. The number of nitrogens with one attached hydrogen (secondary N) is 4. The second kappa shape index (κ2) is 23.6. The summed E-state index contributed by atoms with van der Waals surface area (Å²) in [6.45, 7) is 12.2. The van der Waals surface area contributed by atoms with Gasteiger partial charge in [-0.25, -0.2) is 15.0 Å². The summed E-state index contributed by atoms with van der Waals surface area (Å²) in [7, 11) is 0. The molecule has 20 heteroatoms. The predicted octanol–water partition coefficient (Wildman–Crippen LogP) is 3.46. The van der Waals surface area contributed by atoms with E-state index in [0.717, 1.165) is 38.6 Å². The zero-order valence-electron chi connectivity index (χ0n) is 40.5. The van der Waals surface area contributed by atoms with Gasteiger partial charge in [0.15, 0.2) is 0 Å². The molecule has 2 saturated heterocycles. The molecule has 2 aromatic heterocycles. The molecule has 6 N–H and O–H groups in total. The lowest BCUT2D eigenvalue weighted by Gasteiger charge is -2.38. The minimum atomic E-state index is -1.02. The molecule has 0 unspecified atom stereocenters. The van der Waals surface area contributed by atoms with E-state index in [1.54, 1.807) is 49.8 Å². The summed E-state index contributed by atoms with van der Waals surface area (Å²) in [4.78, 5) is 87.1. The molecule has 18 nitrogen and oxygen atoms in total. The van der Waals surface area contributed by atoms with Crippen molar-refractivity contribution >= 4 is 58.3 Å². The van der Waals surface area contributed by atoms with Crippen molar-refractivity contribution in [1.29, 1.82) is 0 Å². The summed E-state index contributed by atoms with van der Waals surface area (Å²) in [5, 5.41) is 33.4. The normalized spacial score (nSPS) is 19.9. The first-order valence-electron chi connectivity index (χ1n) is 23.9. The summed E-state index contributed by atoms with van der Waals surface area (Å²) >= 11 is 7.75. The van der Waals surface area contributed by atoms with Crippen LogP contribution in [0.3, 0.4) is 0 Å². The number of likely N-dealkylation sites (tertiary alicyclic amines) is 1. The molecule has 2 aliphatic heterocycles. The Bertz CT molecular complexity index is 2460. The quantitative estimate of drug-likeness (QED) is 0.0741. The number of halogens is 1. The van der Waals surface area contributed by atoms with Crippen LogP contribution in [-0.2, 0) is 35.3 Å². The Labute approximate surface area is 417 Å². The molecule has 0 bridgehead atoms. The molecule has 7 rings (SSSR count). The molecule has 2 fully saturated rings. The van der Waals surface area contributed by atoms with Crippen molar-refractivity contribution in [2.45, 2.75) is 96.6 Å². The molecule has 376 valence electrons. The van der Waals surface area contributed by atoms with Gasteiger partial charge >= 0.3 is 0 Å². The summed E-state index contributed by atoms with van der Waals surface area (Å²) in [6.07, 6.45) is 0.818. The van der Waals surface area contributed by atoms with E-state index in [1.807, 2.05) is 48.2 Å². The van der Waals surface area contributed by atoms with Crippen LogP contribution in [0, 0.1) is 12.3 Å². The van der Waals surface area contributed by atoms with Crippen molar-refractivity contribution < 1.29 is 38.9 Å². The minimum Gasteiger partial charge on any atom is -0.391 e. The van der Waals surface area contributed by atoms with Crippen molar-refractivity contribution in [3.05, 3.63) is 93.5 Å². The van der Waals surface area contributed by atoms with Gasteiger partial charge in [-0.1, -0.05) is 75.7 Å². The fourth-order valence-corrected chi connectivity index (χ4v) is 10.2. The number of aliphatic hydroxyl groups is 2. The molecule has 3 aliphatic rings. The van der Waals surface area contributed by atoms with Crippen molar-refractivity contribution in [1.82, 2.24) is 46.0 Å². The fraction of sp³-hybridized carbons (Fsp3) is 0.520. The number of rotatable bonds is 19. The summed E-state index contributed by atoms with van der Waals surface area (Å²) in [5.41, 5.74) is 6.39. The highest BCUT2D eigenvalue weighted by Gasteiger charge is 2.44. The third kappa shape index (κ3) is 13.0. The number of ether oxygens (including phenoxy) is 1. The number of aromatic nitrogens is 3. The SMILES string of the molecule is Cc1ncsc1-c1ccc(CNC(=O)[C@@H]2C[C@@H](O)CN2C(=O)[C@@H](NC(=O)COCCNC(=O)CCNC[C@@H](C(=O)N2CCN(c3ncnc4c3[C@H](C)C[C@H]4O)CC2)c2ccc(Cl)cc2)C(C)(C)C)cc1. The Morgan fingerprint density at radius 3 is 2.31 bits per heavy atom. The highest BCUT2D eigenvalue weighted by atomic mass is 35.5. The van der Waals surface area contributed by atoms with Gasteiger partial charge in [0.1, 0.15) is 30.8 Å². The topological polar surface area (TPSA) is 232 Å². The van der Waals surface area contributed by atoms with E-state index in [2.05, 4.69) is 48.0 Å². The average molecular weight is 1000 g/mol. The standard InChI is InChI=1S/C50H65ClN10O8S/c1-30-22-39(63)43-42(30)46(56-28-55-43)59-17-19-60(20-18-59)48(67)37(33-10-12-35(51)13-11-33)25-52-15-14-40(64)53-16-21-69-27-41(65)58-45(50(3,4)5)49(68)61-26-36(62)23-38(61)47(66)54-24-32-6-8-34(9-7-32)44-31(2)57-29-70-44/h6-13,28-30,36-39,45,52,62-63H,14-27H2,1-5H3,(H,53,64)(H,54,66)(H,58,65)/t30-,36-,37-,38+,39-,45-/m1/s1. The van der Waals surface area contributed by atoms with Crippen molar-refractivity contribution in [2.75, 3.05) is 70.5 Å². The van der Waals surface area contributed by atoms with Gasteiger partial charge in [0.2, 0.25) is 29.5 Å². The largest absolute Gasteiger partial charge is 0.391 e. The second-order valence-corrected chi connectivity index (χ2v) is 20.7. The number of fused-ring (bicyclic) bond motifs is 1. The van der Waals surface area contributed by atoms with E-state index >= 15 is 0 Å². The van der Waals surface area contributed by atoms with Crippen LogP contribution >= 0.6 is 22.9 Å². The number of aliphatic hydroxyl groups excluding tert-OH is 2. The molecule has 4 aromatic rings. The van der Waals surface area contributed by atoms with Gasteiger partial charge in [-0.3, -0.25) is 24.0 Å². The fourth-order valence-electron chi connectivity index (χ4n) is 9.30. The first-order chi connectivity index (χ1) is 33.5. The number of amides is 5. The Morgan fingerprint density at radius 2 is 1.63 bits per heavy atom. The second-order valence-electron chi connectivity index (χ2n) is 19.4. The van der Waals surface area contributed by atoms with Crippen LogP contribution in [-0.4, -0.2) is 148 Å². The van der Waals surface area contributed by atoms with Gasteiger partial charge in [-0.15, -0.1) is 11.3 Å². The maximum atomic E-state index is 14.1. The number of anilines is 1. The van der Waals surface area contributed by atoms with Crippen LogP contribution in [0.1, 0.15) is 93.0 Å². The summed E-state index contributed by atoms with van der Waals surface area (Å²) in [5.74, 6) is -1.25. The van der Waals surface area contributed by atoms with Gasteiger partial charge in [-0.05, 0) is 53.5 Å². The molecule has 5 amide bonds. The first-order valence-corrected chi connectivity index (χ1v) is 25.2.